The first-order chi connectivity index (χ1) is 4.31. The molecule has 0 atom stereocenters. The number of hydrogen-bond donors (Lipinski definition) is 1. The molecule has 3 nitrogen and oxygen atoms in total. The molecular weight excluding hydrogens is 114 g/mol. The molecule has 2 N–H and O–H groups in total. The molecule has 0 saturated heterocycles. The zero-order chi connectivity index (χ0) is 7.11. The summed E-state index contributed by atoms with van der Waals surface area (Å²) in [6.45, 7) is 2.22. The van der Waals surface area contributed by atoms with E-state index in [1.807, 2.05) is 6.07 Å². The quantitative estimate of drug-likeness (QED) is 0.329. The first-order valence-electron chi connectivity index (χ1n) is 2.58. The van der Waals surface area contributed by atoms with E-state index in [9.17, 15) is 0 Å². The fourth-order valence-electron chi connectivity index (χ4n) is 0.296. The molecule has 48 valence electrons. The summed E-state index contributed by atoms with van der Waals surface area (Å²) >= 11 is 0. The molecule has 3 heteroatoms. The molecule has 0 aromatic carbocycles. The van der Waals surface area contributed by atoms with Crippen molar-refractivity contribution in [1.82, 2.24) is 0 Å². The van der Waals surface area contributed by atoms with Gasteiger partial charge in [-0.2, -0.15) is 5.26 Å². The van der Waals surface area contributed by atoms with Crippen LogP contribution in [0.2, 0.25) is 0 Å². The second kappa shape index (κ2) is 4.85. The van der Waals surface area contributed by atoms with Gasteiger partial charge in [0, 0.05) is 5.57 Å². The van der Waals surface area contributed by atoms with E-state index in [4.69, 9.17) is 11.0 Å². The first kappa shape index (κ1) is 7.70. The molecule has 0 spiro atoms. The molecule has 0 aliphatic heterocycles. The van der Waals surface area contributed by atoms with Crippen molar-refractivity contribution in [3.63, 3.8) is 0 Å². The van der Waals surface area contributed by atoms with Gasteiger partial charge >= 0.3 is 0 Å². The fourth-order valence-corrected chi connectivity index (χ4v) is 0.296. The number of aliphatic imine (C=N–C) groups is 1. The molecule has 0 unspecified atom stereocenters. The van der Waals surface area contributed by atoms with Crippen LogP contribution in [0.25, 0.3) is 0 Å². The summed E-state index contributed by atoms with van der Waals surface area (Å²) in [6, 6.07) is 1.97. The minimum atomic E-state index is 0.496. The van der Waals surface area contributed by atoms with E-state index in [1.165, 1.54) is 6.34 Å². The predicted molar refractivity (Wildman–Crippen MR) is 36.9 cm³/mol. The van der Waals surface area contributed by atoms with Crippen LogP contribution in [0.4, 0.5) is 0 Å². The number of nitrogens with two attached hydrogens (primary N) is 1. The summed E-state index contributed by atoms with van der Waals surface area (Å²) in [5, 5.41) is 8.23. The number of allylic oxidation sites excluding steroid dienone is 1. The monoisotopic (exact) mass is 123 g/mol. The molecule has 0 aromatic rings. The molecule has 0 aliphatic rings. The van der Waals surface area contributed by atoms with Crippen LogP contribution in [0, 0.1) is 11.3 Å². The maximum Gasteiger partial charge on any atom is 0.0941 e. The van der Waals surface area contributed by atoms with Crippen molar-refractivity contribution in [2.45, 2.75) is 6.92 Å². The van der Waals surface area contributed by atoms with Gasteiger partial charge in [-0.1, -0.05) is 0 Å². The van der Waals surface area contributed by atoms with Crippen LogP contribution >= 0.6 is 0 Å². The normalized spacial score (nSPS) is 11.8. The largest absolute Gasteiger partial charge is 0.390 e. The molecule has 0 rings (SSSR count). The Morgan fingerprint density at radius 2 is 2.56 bits per heavy atom. The van der Waals surface area contributed by atoms with Crippen LogP contribution in [0.5, 0.6) is 0 Å². The Morgan fingerprint density at radius 3 is 3.00 bits per heavy atom. The molecule has 0 radical (unpaired) electrons. The Labute approximate surface area is 54.5 Å². The Balaban J connectivity index is 3.60. The van der Waals surface area contributed by atoms with Crippen LogP contribution in [0.1, 0.15) is 6.92 Å². The second-order valence-electron chi connectivity index (χ2n) is 1.51. The van der Waals surface area contributed by atoms with Gasteiger partial charge in [0.25, 0.3) is 0 Å². The minimum Gasteiger partial charge on any atom is -0.390 e. The molecular formula is C6H9N3. The van der Waals surface area contributed by atoms with Crippen LogP contribution < -0.4 is 5.73 Å². The second-order valence-corrected chi connectivity index (χ2v) is 1.51. The smallest absolute Gasteiger partial charge is 0.0941 e. The van der Waals surface area contributed by atoms with Crippen LogP contribution in [-0.4, -0.2) is 12.9 Å². The summed E-state index contributed by atoms with van der Waals surface area (Å²) in [5.41, 5.74) is 5.62. The lowest BCUT2D eigenvalue weighted by Gasteiger charge is -1.81. The van der Waals surface area contributed by atoms with Crippen molar-refractivity contribution in [3.8, 4) is 6.07 Å². The molecule has 0 aromatic heterocycles. The van der Waals surface area contributed by atoms with E-state index in [0.29, 0.717) is 12.1 Å². The molecule has 0 amide bonds. The van der Waals surface area contributed by atoms with Crippen LogP contribution in [0.3, 0.4) is 0 Å². The zero-order valence-corrected chi connectivity index (χ0v) is 5.33. The Hall–Kier alpha value is -1.30. The highest BCUT2D eigenvalue weighted by molar-refractivity contribution is 5.51. The highest BCUT2D eigenvalue weighted by Crippen LogP contribution is 1.86. The van der Waals surface area contributed by atoms with Crippen LogP contribution in [0.15, 0.2) is 16.6 Å². The standard InChI is InChI=1S/C6H9N3/c1-6(4-7)2-3-9-5-8/h2,5H,3H2,1H3,(H2,8,9)/b6-2+. The van der Waals surface area contributed by atoms with Crippen molar-refractivity contribution in [1.29, 1.82) is 5.26 Å². The third-order valence-corrected chi connectivity index (χ3v) is 0.785. The highest BCUT2D eigenvalue weighted by Gasteiger charge is 1.78. The van der Waals surface area contributed by atoms with Crippen molar-refractivity contribution >= 4 is 6.34 Å². The fraction of sp³-hybridized carbons (Fsp3) is 0.333. The summed E-state index contributed by atoms with van der Waals surface area (Å²) in [6.07, 6.45) is 2.94. The Bertz CT molecular complexity index is 162. The van der Waals surface area contributed by atoms with E-state index in [1.54, 1.807) is 13.0 Å². The SMILES string of the molecule is C/C(C#N)=C\C/N=C\N. The summed E-state index contributed by atoms with van der Waals surface area (Å²) < 4.78 is 0. The van der Waals surface area contributed by atoms with Crippen LogP contribution in [-0.2, 0) is 0 Å². The molecule has 9 heavy (non-hydrogen) atoms. The van der Waals surface area contributed by atoms with Gasteiger partial charge in [-0.25, -0.2) is 0 Å². The van der Waals surface area contributed by atoms with Gasteiger partial charge in [0.1, 0.15) is 0 Å². The summed E-state index contributed by atoms with van der Waals surface area (Å²) in [5.74, 6) is 0. The van der Waals surface area contributed by atoms with E-state index in [0.717, 1.165) is 0 Å². The third kappa shape index (κ3) is 4.56. The molecule has 0 saturated carbocycles. The van der Waals surface area contributed by atoms with Gasteiger partial charge in [0.15, 0.2) is 0 Å². The van der Waals surface area contributed by atoms with Gasteiger partial charge in [0.05, 0.1) is 19.0 Å². The van der Waals surface area contributed by atoms with Crippen molar-refractivity contribution in [2.24, 2.45) is 10.7 Å². The van der Waals surface area contributed by atoms with E-state index in [-0.39, 0.29) is 0 Å². The lowest BCUT2D eigenvalue weighted by atomic mass is 10.3. The third-order valence-electron chi connectivity index (χ3n) is 0.785. The lowest BCUT2D eigenvalue weighted by Crippen LogP contribution is -1.89. The van der Waals surface area contributed by atoms with E-state index >= 15 is 0 Å². The molecule has 0 fully saturated rings. The van der Waals surface area contributed by atoms with Crippen molar-refractivity contribution < 1.29 is 0 Å². The average Bonchev–Trinajstić information content (AvgIpc) is 1.89. The number of rotatable bonds is 2. The predicted octanol–water partition coefficient (Wildman–Crippen LogP) is 0.443. The van der Waals surface area contributed by atoms with Crippen molar-refractivity contribution in [2.75, 3.05) is 6.54 Å². The van der Waals surface area contributed by atoms with E-state index < -0.39 is 0 Å². The van der Waals surface area contributed by atoms with Gasteiger partial charge in [-0.05, 0) is 13.0 Å². The average molecular weight is 123 g/mol. The molecule has 0 bridgehead atoms. The topological polar surface area (TPSA) is 62.2 Å². The molecule has 0 aliphatic carbocycles. The lowest BCUT2D eigenvalue weighted by molar-refractivity contribution is 1.22. The first-order valence-corrected chi connectivity index (χ1v) is 2.58. The number of nitriles is 1. The summed E-state index contributed by atoms with van der Waals surface area (Å²) in [4.78, 5) is 3.68. The molecule has 0 heterocycles. The Kier molecular flexibility index (Phi) is 4.15. The minimum absolute atomic E-state index is 0.496. The van der Waals surface area contributed by atoms with Gasteiger partial charge in [-0.3, -0.25) is 4.99 Å². The van der Waals surface area contributed by atoms with Crippen molar-refractivity contribution in [3.05, 3.63) is 11.6 Å². The zero-order valence-electron chi connectivity index (χ0n) is 5.33. The number of hydrogen-bond acceptors (Lipinski definition) is 2. The maximum absolute atomic E-state index is 8.23. The summed E-state index contributed by atoms with van der Waals surface area (Å²) in [7, 11) is 0. The van der Waals surface area contributed by atoms with E-state index in [2.05, 4.69) is 4.99 Å². The van der Waals surface area contributed by atoms with Gasteiger partial charge in [0.2, 0.25) is 0 Å². The highest BCUT2D eigenvalue weighted by atomic mass is 14.8. The Morgan fingerprint density at radius 1 is 1.89 bits per heavy atom. The maximum atomic E-state index is 8.23. The number of nitrogens with zero attached hydrogens (tertiary/aromatic N) is 2. The van der Waals surface area contributed by atoms with Gasteiger partial charge < -0.3 is 5.73 Å². The van der Waals surface area contributed by atoms with Gasteiger partial charge in [-0.15, -0.1) is 0 Å².